The first kappa shape index (κ1) is 15.4. The van der Waals surface area contributed by atoms with Crippen LogP contribution in [0.4, 0.5) is 0 Å². The van der Waals surface area contributed by atoms with E-state index in [4.69, 9.17) is 9.97 Å². The maximum Gasteiger partial charge on any atom is 0.156 e. The second kappa shape index (κ2) is 6.41. The van der Waals surface area contributed by atoms with E-state index < -0.39 is 0 Å². The largest absolute Gasteiger partial charge is 0.341 e. The molecule has 1 atom stereocenters. The van der Waals surface area contributed by atoms with Crippen molar-refractivity contribution in [3.8, 4) is 11.5 Å². The molecule has 3 aromatic heterocycles. The highest BCUT2D eigenvalue weighted by Gasteiger charge is 2.27. The highest BCUT2D eigenvalue weighted by molar-refractivity contribution is 7.09. The zero-order valence-corrected chi connectivity index (χ0v) is 14.7. The highest BCUT2D eigenvalue weighted by Crippen LogP contribution is 2.28. The number of aromatic nitrogens is 5. The van der Waals surface area contributed by atoms with Crippen LogP contribution < -0.4 is 0 Å². The molecule has 7 heteroatoms. The van der Waals surface area contributed by atoms with Gasteiger partial charge >= 0.3 is 0 Å². The summed E-state index contributed by atoms with van der Waals surface area (Å²) < 4.78 is 0. The molecular weight excluding hydrogens is 320 g/mol. The van der Waals surface area contributed by atoms with E-state index in [1.165, 1.54) is 4.88 Å². The molecule has 1 N–H and O–H groups in total. The van der Waals surface area contributed by atoms with Gasteiger partial charge in [0.2, 0.25) is 0 Å². The Morgan fingerprint density at radius 3 is 2.96 bits per heavy atom. The number of hydrogen-bond donors (Lipinski definition) is 1. The molecule has 24 heavy (non-hydrogen) atoms. The van der Waals surface area contributed by atoms with Crippen LogP contribution in [0.3, 0.4) is 0 Å². The second-order valence-electron chi connectivity index (χ2n) is 6.36. The van der Waals surface area contributed by atoms with Gasteiger partial charge in [0.25, 0.3) is 0 Å². The van der Waals surface area contributed by atoms with Gasteiger partial charge in [0.1, 0.15) is 11.5 Å². The Morgan fingerprint density at radius 2 is 2.21 bits per heavy atom. The fourth-order valence-electron chi connectivity index (χ4n) is 3.17. The molecule has 1 fully saturated rings. The number of hydrogen-bond acceptors (Lipinski definition) is 6. The van der Waals surface area contributed by atoms with Crippen LogP contribution in [0.2, 0.25) is 0 Å². The average molecular weight is 340 g/mol. The molecule has 0 aromatic carbocycles. The zero-order chi connectivity index (χ0) is 16.5. The molecule has 6 nitrogen and oxygen atoms in total. The molecule has 0 saturated carbocycles. The van der Waals surface area contributed by atoms with Gasteiger partial charge in [0.15, 0.2) is 5.82 Å². The summed E-state index contributed by atoms with van der Waals surface area (Å²) in [6.45, 7) is 7.07. The fraction of sp³-hybridized carbons (Fsp3) is 0.412. The molecule has 0 bridgehead atoms. The van der Waals surface area contributed by atoms with E-state index in [1.54, 1.807) is 11.3 Å². The van der Waals surface area contributed by atoms with Gasteiger partial charge in [-0.3, -0.25) is 9.88 Å². The third-order valence-corrected chi connectivity index (χ3v) is 5.08. The molecule has 3 aromatic rings. The number of likely N-dealkylation sites (tertiary alicyclic amines) is 1. The monoisotopic (exact) mass is 340 g/mol. The number of H-pyrrole nitrogens is 1. The molecule has 0 radical (unpaired) electrons. The molecule has 1 aliphatic rings. The van der Waals surface area contributed by atoms with Crippen LogP contribution in [0.1, 0.15) is 34.4 Å². The van der Waals surface area contributed by atoms with Crippen LogP contribution in [0.5, 0.6) is 0 Å². The van der Waals surface area contributed by atoms with Gasteiger partial charge in [-0.25, -0.2) is 15.0 Å². The van der Waals surface area contributed by atoms with E-state index in [2.05, 4.69) is 19.9 Å². The molecular formula is C17H20N6S. The third-order valence-electron chi connectivity index (χ3n) is 4.32. The van der Waals surface area contributed by atoms with Gasteiger partial charge in [-0.05, 0) is 32.9 Å². The van der Waals surface area contributed by atoms with Gasteiger partial charge in [-0.15, -0.1) is 11.3 Å². The Balaban J connectivity index is 1.53. The van der Waals surface area contributed by atoms with E-state index >= 15 is 0 Å². The number of nitrogens with one attached hydrogen (secondary N) is 1. The maximum absolute atomic E-state index is 4.79. The number of thiazole rings is 1. The second-order valence-corrected chi connectivity index (χ2v) is 7.33. The van der Waals surface area contributed by atoms with Gasteiger partial charge in [0.05, 0.1) is 5.51 Å². The van der Waals surface area contributed by atoms with Crippen LogP contribution in [-0.2, 0) is 6.54 Å². The Morgan fingerprint density at radius 1 is 1.29 bits per heavy atom. The van der Waals surface area contributed by atoms with Crippen molar-refractivity contribution in [1.82, 2.24) is 29.8 Å². The molecule has 4 rings (SSSR count). The van der Waals surface area contributed by atoms with Crippen LogP contribution in [-0.4, -0.2) is 42.9 Å². The minimum atomic E-state index is 0.382. The molecule has 1 aliphatic heterocycles. The Hall–Kier alpha value is -2.12. The molecule has 4 heterocycles. The summed E-state index contributed by atoms with van der Waals surface area (Å²) in [7, 11) is 0. The van der Waals surface area contributed by atoms with Crippen molar-refractivity contribution in [2.24, 2.45) is 0 Å². The van der Waals surface area contributed by atoms with E-state index in [0.717, 1.165) is 54.8 Å². The summed E-state index contributed by atoms with van der Waals surface area (Å²) in [6, 6.07) is 1.99. The van der Waals surface area contributed by atoms with Crippen LogP contribution in [0.15, 0.2) is 24.0 Å². The average Bonchev–Trinajstić information content (AvgIpc) is 3.29. The highest BCUT2D eigenvalue weighted by atomic mass is 32.1. The lowest BCUT2D eigenvalue weighted by Gasteiger charge is -2.14. The van der Waals surface area contributed by atoms with E-state index in [1.807, 2.05) is 37.8 Å². The molecule has 0 amide bonds. The predicted octanol–water partition coefficient (Wildman–Crippen LogP) is 2.93. The first-order valence-electron chi connectivity index (χ1n) is 8.14. The summed E-state index contributed by atoms with van der Waals surface area (Å²) in [5.41, 5.74) is 4.81. The molecule has 0 aliphatic carbocycles. The van der Waals surface area contributed by atoms with Gasteiger partial charge in [-0.1, -0.05) is 0 Å². The lowest BCUT2D eigenvalue weighted by molar-refractivity contribution is 0.328. The minimum Gasteiger partial charge on any atom is -0.341 e. The van der Waals surface area contributed by atoms with Gasteiger partial charge in [-0.2, -0.15) is 0 Å². The van der Waals surface area contributed by atoms with Crippen molar-refractivity contribution in [2.45, 2.75) is 32.7 Å². The quantitative estimate of drug-likeness (QED) is 0.791. The Labute approximate surface area is 145 Å². The van der Waals surface area contributed by atoms with Gasteiger partial charge < -0.3 is 4.98 Å². The summed E-state index contributed by atoms with van der Waals surface area (Å²) in [5, 5.41) is 0. The molecule has 0 spiro atoms. The van der Waals surface area contributed by atoms with E-state index in [9.17, 15) is 0 Å². The number of nitrogens with zero attached hydrogens (tertiary/aromatic N) is 5. The Kier molecular flexibility index (Phi) is 4.12. The van der Waals surface area contributed by atoms with Crippen molar-refractivity contribution < 1.29 is 0 Å². The van der Waals surface area contributed by atoms with Crippen molar-refractivity contribution in [3.05, 3.63) is 46.1 Å². The van der Waals surface area contributed by atoms with Gasteiger partial charge in [0, 0.05) is 47.7 Å². The third kappa shape index (κ3) is 3.22. The maximum atomic E-state index is 4.79. The lowest BCUT2D eigenvalue weighted by Crippen LogP contribution is -2.19. The summed E-state index contributed by atoms with van der Waals surface area (Å²) in [5.74, 6) is 2.14. The molecule has 1 unspecified atom stereocenters. The van der Waals surface area contributed by atoms with E-state index in [-0.39, 0.29) is 0 Å². The topological polar surface area (TPSA) is 70.6 Å². The Bertz CT molecular complexity index is 825. The SMILES string of the molecule is Cc1cc(-c2ncc(C)[nH]2)nc(C2CCN(Cc3cncs3)C2)n1. The fourth-order valence-corrected chi connectivity index (χ4v) is 3.80. The van der Waals surface area contributed by atoms with Crippen LogP contribution >= 0.6 is 11.3 Å². The predicted molar refractivity (Wildman–Crippen MR) is 93.8 cm³/mol. The van der Waals surface area contributed by atoms with Crippen LogP contribution in [0.25, 0.3) is 11.5 Å². The molecule has 1 saturated heterocycles. The number of rotatable bonds is 4. The summed E-state index contributed by atoms with van der Waals surface area (Å²) in [4.78, 5) is 25.1. The number of aryl methyl sites for hydroxylation is 2. The van der Waals surface area contributed by atoms with E-state index in [0.29, 0.717) is 5.92 Å². The minimum absolute atomic E-state index is 0.382. The first-order valence-corrected chi connectivity index (χ1v) is 9.02. The lowest BCUT2D eigenvalue weighted by atomic mass is 10.1. The number of imidazole rings is 1. The summed E-state index contributed by atoms with van der Waals surface area (Å²) >= 11 is 1.71. The zero-order valence-electron chi connectivity index (χ0n) is 13.9. The normalized spacial score (nSPS) is 18.3. The molecule has 124 valence electrons. The standard InChI is InChI=1S/C17H20N6S/c1-11-5-15(17-19-6-12(2)21-17)22-16(20-11)13-3-4-23(8-13)9-14-7-18-10-24-14/h5-7,10,13H,3-4,8-9H2,1-2H3,(H,19,21). The smallest absolute Gasteiger partial charge is 0.156 e. The summed E-state index contributed by atoms with van der Waals surface area (Å²) in [6.07, 6.45) is 4.89. The van der Waals surface area contributed by atoms with Crippen molar-refractivity contribution >= 4 is 11.3 Å². The van der Waals surface area contributed by atoms with Crippen LogP contribution in [0, 0.1) is 13.8 Å². The first-order chi connectivity index (χ1) is 11.7. The number of aromatic amines is 1. The van der Waals surface area contributed by atoms with Crippen molar-refractivity contribution in [2.75, 3.05) is 13.1 Å². The van der Waals surface area contributed by atoms with Crippen molar-refractivity contribution in [1.29, 1.82) is 0 Å². The van der Waals surface area contributed by atoms with Crippen molar-refractivity contribution in [3.63, 3.8) is 0 Å².